The zero-order chi connectivity index (χ0) is 16.6. The highest BCUT2D eigenvalue weighted by molar-refractivity contribution is 5.24. The lowest BCUT2D eigenvalue weighted by Gasteiger charge is -2.51. The molecule has 0 saturated carbocycles. The van der Waals surface area contributed by atoms with Crippen molar-refractivity contribution in [2.45, 2.75) is 37.1 Å². The van der Waals surface area contributed by atoms with Gasteiger partial charge < -0.3 is 9.84 Å². The first kappa shape index (κ1) is 15.7. The van der Waals surface area contributed by atoms with Crippen molar-refractivity contribution in [3.05, 3.63) is 65.7 Å². The fourth-order valence-electron chi connectivity index (χ4n) is 4.07. The summed E-state index contributed by atoms with van der Waals surface area (Å²) in [6.45, 7) is 1.96. The molecule has 2 fully saturated rings. The minimum atomic E-state index is -1.15. The Bertz CT molecular complexity index is 696. The molecule has 2 bridgehead atoms. The molecule has 1 aromatic carbocycles. The first-order valence-electron chi connectivity index (χ1n) is 8.35. The van der Waals surface area contributed by atoms with Crippen LogP contribution in [0.5, 0.6) is 0 Å². The summed E-state index contributed by atoms with van der Waals surface area (Å²) >= 11 is 0. The minimum absolute atomic E-state index is 0.0790. The van der Waals surface area contributed by atoms with E-state index in [0.29, 0.717) is 31.6 Å². The van der Waals surface area contributed by atoms with E-state index in [1.54, 1.807) is 12.3 Å². The highest BCUT2D eigenvalue weighted by Gasteiger charge is 2.47. The number of hydrogen-bond donors (Lipinski definition) is 1. The summed E-state index contributed by atoms with van der Waals surface area (Å²) in [6.07, 6.45) is 3.66. The van der Waals surface area contributed by atoms with E-state index in [1.165, 1.54) is 11.8 Å². The van der Waals surface area contributed by atoms with Gasteiger partial charge in [0.1, 0.15) is 5.82 Å². The summed E-state index contributed by atoms with van der Waals surface area (Å²) < 4.78 is 19.9. The van der Waals surface area contributed by atoms with Crippen LogP contribution in [0.4, 0.5) is 4.39 Å². The number of pyridine rings is 1. The van der Waals surface area contributed by atoms with Crippen LogP contribution in [0.2, 0.25) is 0 Å². The van der Waals surface area contributed by atoms with Crippen LogP contribution in [-0.4, -0.2) is 40.3 Å². The number of piperidine rings is 1. The van der Waals surface area contributed by atoms with E-state index in [1.807, 2.05) is 18.2 Å². The van der Waals surface area contributed by atoms with Crippen molar-refractivity contribution in [3.8, 4) is 0 Å². The second-order valence-electron chi connectivity index (χ2n) is 6.80. The zero-order valence-electron chi connectivity index (χ0n) is 13.4. The first-order chi connectivity index (χ1) is 11.7. The number of morpholine rings is 1. The van der Waals surface area contributed by atoms with Gasteiger partial charge in [-0.3, -0.25) is 9.88 Å². The van der Waals surface area contributed by atoms with Gasteiger partial charge in [-0.05, 0) is 24.5 Å². The van der Waals surface area contributed by atoms with Crippen molar-refractivity contribution in [2.24, 2.45) is 0 Å². The molecule has 0 spiro atoms. The van der Waals surface area contributed by atoms with E-state index in [4.69, 9.17) is 4.74 Å². The maximum atomic E-state index is 14.2. The molecule has 126 valence electrons. The first-order valence-corrected chi connectivity index (χ1v) is 8.35. The number of nitrogens with zero attached hydrogens (tertiary/aromatic N) is 2. The monoisotopic (exact) mass is 328 g/mol. The Kier molecular flexibility index (Phi) is 4.08. The predicted molar refractivity (Wildman–Crippen MR) is 87.7 cm³/mol. The van der Waals surface area contributed by atoms with Gasteiger partial charge in [0.05, 0.1) is 25.0 Å². The van der Waals surface area contributed by atoms with Gasteiger partial charge in [0.15, 0.2) is 0 Å². The number of aliphatic hydroxyl groups is 1. The van der Waals surface area contributed by atoms with Crippen molar-refractivity contribution in [3.63, 3.8) is 0 Å². The van der Waals surface area contributed by atoms with Crippen LogP contribution in [0.1, 0.15) is 24.0 Å². The number of aromatic nitrogens is 1. The average Bonchev–Trinajstić information content (AvgIpc) is 2.57. The molecule has 2 unspecified atom stereocenters. The largest absolute Gasteiger partial charge is 0.385 e. The SMILES string of the molecule is OC1(c2ccncc2F)CC2COCC(C1)N2Cc1ccccc1. The molecule has 2 aromatic rings. The predicted octanol–water partition coefficient (Wildman–Crippen LogP) is 2.47. The lowest BCUT2D eigenvalue weighted by Crippen LogP contribution is -2.60. The maximum Gasteiger partial charge on any atom is 0.147 e. The van der Waals surface area contributed by atoms with Gasteiger partial charge >= 0.3 is 0 Å². The molecule has 3 heterocycles. The standard InChI is InChI=1S/C19H21FN2O2/c20-18-10-21-7-6-17(18)19(23)8-15-12-24-13-16(9-19)22(15)11-14-4-2-1-3-5-14/h1-7,10,15-16,23H,8-9,11-13H2. The Balaban J connectivity index is 1.60. The summed E-state index contributed by atoms with van der Waals surface area (Å²) in [5.41, 5.74) is 0.447. The number of halogens is 1. The Morgan fingerprint density at radius 1 is 1.17 bits per heavy atom. The Hall–Kier alpha value is -1.82. The number of hydrogen-bond acceptors (Lipinski definition) is 4. The molecule has 0 aliphatic carbocycles. The molecule has 1 N–H and O–H groups in total. The smallest absolute Gasteiger partial charge is 0.147 e. The third-order valence-corrected chi connectivity index (χ3v) is 5.19. The molecule has 0 radical (unpaired) electrons. The van der Waals surface area contributed by atoms with Crippen molar-refractivity contribution < 1.29 is 14.2 Å². The van der Waals surface area contributed by atoms with E-state index in [2.05, 4.69) is 22.0 Å². The normalized spacial score (nSPS) is 30.2. The second-order valence-corrected chi connectivity index (χ2v) is 6.80. The van der Waals surface area contributed by atoms with Gasteiger partial charge in [-0.2, -0.15) is 0 Å². The fraction of sp³-hybridized carbons (Fsp3) is 0.421. The molecule has 5 heteroatoms. The minimum Gasteiger partial charge on any atom is -0.385 e. The van der Waals surface area contributed by atoms with E-state index in [0.717, 1.165) is 6.54 Å². The van der Waals surface area contributed by atoms with Crippen LogP contribution >= 0.6 is 0 Å². The molecular formula is C19H21FN2O2. The Morgan fingerprint density at radius 2 is 1.88 bits per heavy atom. The van der Waals surface area contributed by atoms with Crippen LogP contribution in [-0.2, 0) is 16.9 Å². The highest BCUT2D eigenvalue weighted by atomic mass is 19.1. The van der Waals surface area contributed by atoms with Gasteiger partial charge in [-0.15, -0.1) is 0 Å². The number of ether oxygens (including phenoxy) is 1. The van der Waals surface area contributed by atoms with Gasteiger partial charge in [0.2, 0.25) is 0 Å². The topological polar surface area (TPSA) is 45.6 Å². The molecule has 2 atom stereocenters. The summed E-state index contributed by atoms with van der Waals surface area (Å²) in [6, 6.07) is 12.1. The molecule has 2 aliphatic rings. The van der Waals surface area contributed by atoms with Crippen molar-refractivity contribution in [1.82, 2.24) is 9.88 Å². The average molecular weight is 328 g/mol. The van der Waals surface area contributed by atoms with Crippen LogP contribution in [0.25, 0.3) is 0 Å². The van der Waals surface area contributed by atoms with Gasteiger partial charge in [-0.1, -0.05) is 30.3 Å². The Labute approximate surface area is 140 Å². The molecule has 4 nitrogen and oxygen atoms in total. The van der Waals surface area contributed by atoms with Crippen molar-refractivity contribution in [2.75, 3.05) is 13.2 Å². The van der Waals surface area contributed by atoms with Gasteiger partial charge in [-0.25, -0.2) is 4.39 Å². The van der Waals surface area contributed by atoms with E-state index < -0.39 is 11.4 Å². The fourth-order valence-corrected chi connectivity index (χ4v) is 4.07. The lowest BCUT2D eigenvalue weighted by atomic mass is 9.76. The molecule has 4 rings (SSSR count). The number of fused-ring (bicyclic) bond motifs is 2. The Morgan fingerprint density at radius 3 is 2.54 bits per heavy atom. The molecule has 2 saturated heterocycles. The van der Waals surface area contributed by atoms with E-state index in [9.17, 15) is 9.50 Å². The van der Waals surface area contributed by atoms with Crippen molar-refractivity contribution >= 4 is 0 Å². The van der Waals surface area contributed by atoms with Gasteiger partial charge in [0.25, 0.3) is 0 Å². The summed E-state index contributed by atoms with van der Waals surface area (Å²) in [4.78, 5) is 6.19. The quantitative estimate of drug-likeness (QED) is 0.940. The lowest BCUT2D eigenvalue weighted by molar-refractivity contribution is -0.150. The molecule has 0 amide bonds. The molecule has 2 aliphatic heterocycles. The number of rotatable bonds is 3. The van der Waals surface area contributed by atoms with Crippen molar-refractivity contribution in [1.29, 1.82) is 0 Å². The van der Waals surface area contributed by atoms with E-state index >= 15 is 0 Å². The van der Waals surface area contributed by atoms with Gasteiger partial charge in [0, 0.05) is 30.4 Å². The highest BCUT2D eigenvalue weighted by Crippen LogP contribution is 2.42. The van der Waals surface area contributed by atoms with Crippen LogP contribution in [0, 0.1) is 5.82 Å². The van der Waals surface area contributed by atoms with Crippen LogP contribution < -0.4 is 0 Å². The maximum absolute atomic E-state index is 14.2. The van der Waals surface area contributed by atoms with E-state index in [-0.39, 0.29) is 12.1 Å². The second kappa shape index (κ2) is 6.24. The van der Waals surface area contributed by atoms with Crippen LogP contribution in [0.3, 0.4) is 0 Å². The molecule has 1 aromatic heterocycles. The number of benzene rings is 1. The zero-order valence-corrected chi connectivity index (χ0v) is 13.4. The third kappa shape index (κ3) is 2.83. The summed E-state index contributed by atoms with van der Waals surface area (Å²) in [7, 11) is 0. The van der Waals surface area contributed by atoms with Crippen LogP contribution in [0.15, 0.2) is 48.8 Å². The molecular weight excluding hydrogens is 307 g/mol. The third-order valence-electron chi connectivity index (χ3n) is 5.19. The summed E-state index contributed by atoms with van der Waals surface area (Å²) in [5, 5.41) is 11.2. The molecule has 24 heavy (non-hydrogen) atoms. The summed E-state index contributed by atoms with van der Waals surface area (Å²) in [5.74, 6) is -0.435.